The van der Waals surface area contributed by atoms with Gasteiger partial charge in [-0.2, -0.15) is 0 Å². The van der Waals surface area contributed by atoms with Gasteiger partial charge in [-0.15, -0.1) is 0 Å². The first-order valence-corrected chi connectivity index (χ1v) is 12.0. The van der Waals surface area contributed by atoms with Crippen molar-refractivity contribution in [2.45, 2.75) is 12.8 Å². The lowest BCUT2D eigenvalue weighted by Gasteiger charge is -2.22. The third-order valence-corrected chi connectivity index (χ3v) is 6.56. The van der Waals surface area contributed by atoms with Crippen LogP contribution in [0.25, 0.3) is 5.76 Å². The number of halogens is 3. The standard InChI is InChI=1S/C28H24F3N3O5/c1-37-23-13-18-21(14-24(23)38-2)32-10-7-22(18)39-25-19(30)11-17(12-20(25)31)34-27(36)28(8-9-28)26(35)33-16-5-3-15(29)4-6-16/h3-7,11-14,32H,8-10H2,1-2H3,(H,33,35)(H,34,36). The Bertz CT molecular complexity index is 1460. The monoisotopic (exact) mass is 539 g/mol. The molecule has 3 N–H and O–H groups in total. The number of carbonyl (C=O) groups is 2. The van der Waals surface area contributed by atoms with E-state index in [0.29, 0.717) is 35.0 Å². The van der Waals surface area contributed by atoms with E-state index in [0.717, 1.165) is 12.1 Å². The average Bonchev–Trinajstić information content (AvgIpc) is 3.74. The third-order valence-electron chi connectivity index (χ3n) is 6.56. The lowest BCUT2D eigenvalue weighted by atomic mass is 10.0. The number of amides is 2. The molecule has 1 heterocycles. The molecule has 0 unspecified atom stereocenters. The maximum atomic E-state index is 15.0. The van der Waals surface area contributed by atoms with Gasteiger partial charge in [0.25, 0.3) is 0 Å². The number of methoxy groups -OCH3 is 2. The second kappa shape index (κ2) is 10.2. The molecule has 0 atom stereocenters. The van der Waals surface area contributed by atoms with E-state index in [1.54, 1.807) is 18.2 Å². The van der Waals surface area contributed by atoms with Gasteiger partial charge in [-0.3, -0.25) is 9.59 Å². The largest absolute Gasteiger partial charge is 0.493 e. The van der Waals surface area contributed by atoms with Crippen molar-refractivity contribution in [3.8, 4) is 17.2 Å². The second-order valence-corrected chi connectivity index (χ2v) is 9.07. The number of anilines is 3. The number of nitrogens with one attached hydrogen (secondary N) is 3. The second-order valence-electron chi connectivity index (χ2n) is 9.07. The van der Waals surface area contributed by atoms with E-state index in [4.69, 9.17) is 14.2 Å². The van der Waals surface area contributed by atoms with Gasteiger partial charge in [0, 0.05) is 47.4 Å². The third kappa shape index (κ3) is 5.07. The topological polar surface area (TPSA) is 97.9 Å². The molecule has 2 amide bonds. The molecule has 39 heavy (non-hydrogen) atoms. The Kier molecular flexibility index (Phi) is 6.81. The van der Waals surface area contributed by atoms with E-state index < -0.39 is 40.4 Å². The van der Waals surface area contributed by atoms with Gasteiger partial charge in [0.2, 0.25) is 11.8 Å². The van der Waals surface area contributed by atoms with Crippen LogP contribution in [0.5, 0.6) is 17.2 Å². The lowest BCUT2D eigenvalue weighted by Crippen LogP contribution is -2.35. The van der Waals surface area contributed by atoms with E-state index in [1.165, 1.54) is 38.5 Å². The number of rotatable bonds is 8. The summed E-state index contributed by atoms with van der Waals surface area (Å²) >= 11 is 0. The average molecular weight is 540 g/mol. The highest BCUT2D eigenvalue weighted by atomic mass is 19.1. The molecule has 1 aliphatic heterocycles. The van der Waals surface area contributed by atoms with Gasteiger partial charge in [0.05, 0.1) is 14.2 Å². The maximum absolute atomic E-state index is 15.0. The highest BCUT2D eigenvalue weighted by Crippen LogP contribution is 2.48. The van der Waals surface area contributed by atoms with E-state index in [-0.39, 0.29) is 24.3 Å². The molecule has 11 heteroatoms. The van der Waals surface area contributed by atoms with Crippen LogP contribution in [-0.2, 0) is 9.59 Å². The van der Waals surface area contributed by atoms with E-state index in [1.807, 2.05) is 0 Å². The molecule has 0 saturated heterocycles. The Balaban J connectivity index is 1.32. The predicted octanol–water partition coefficient (Wildman–Crippen LogP) is 5.32. The smallest absolute Gasteiger partial charge is 0.240 e. The molecule has 0 radical (unpaired) electrons. The van der Waals surface area contributed by atoms with Crippen LogP contribution in [0, 0.1) is 22.9 Å². The van der Waals surface area contributed by atoms with Crippen molar-refractivity contribution in [2.75, 3.05) is 36.7 Å². The number of ether oxygens (including phenoxy) is 3. The highest BCUT2D eigenvalue weighted by molar-refractivity contribution is 6.16. The fraction of sp³-hybridized carbons (Fsp3) is 0.214. The molecule has 0 bridgehead atoms. The van der Waals surface area contributed by atoms with Crippen LogP contribution in [0.1, 0.15) is 18.4 Å². The van der Waals surface area contributed by atoms with Gasteiger partial charge >= 0.3 is 0 Å². The van der Waals surface area contributed by atoms with Crippen LogP contribution in [0.4, 0.5) is 30.2 Å². The lowest BCUT2D eigenvalue weighted by molar-refractivity contribution is -0.131. The first kappa shape index (κ1) is 26.0. The summed E-state index contributed by atoms with van der Waals surface area (Å²) in [7, 11) is 2.96. The zero-order valence-corrected chi connectivity index (χ0v) is 21.0. The van der Waals surface area contributed by atoms with E-state index in [2.05, 4.69) is 16.0 Å². The van der Waals surface area contributed by atoms with Gasteiger partial charge in [0.15, 0.2) is 28.9 Å². The minimum Gasteiger partial charge on any atom is -0.493 e. The Morgan fingerprint density at radius 3 is 2.03 bits per heavy atom. The molecule has 0 spiro atoms. The summed E-state index contributed by atoms with van der Waals surface area (Å²) < 4.78 is 59.5. The summed E-state index contributed by atoms with van der Waals surface area (Å²) in [5.74, 6) is -3.43. The van der Waals surface area contributed by atoms with Crippen LogP contribution < -0.4 is 30.2 Å². The first-order chi connectivity index (χ1) is 18.7. The first-order valence-electron chi connectivity index (χ1n) is 12.0. The van der Waals surface area contributed by atoms with Crippen LogP contribution in [-0.4, -0.2) is 32.6 Å². The molecule has 0 aromatic heterocycles. The van der Waals surface area contributed by atoms with Gasteiger partial charge in [0.1, 0.15) is 17.0 Å². The quantitative estimate of drug-likeness (QED) is 0.335. The van der Waals surface area contributed by atoms with E-state index in [9.17, 15) is 14.0 Å². The number of fused-ring (bicyclic) bond motifs is 1. The summed E-state index contributed by atoms with van der Waals surface area (Å²) in [4.78, 5) is 25.7. The molecule has 1 fully saturated rings. The number of hydrogen-bond acceptors (Lipinski definition) is 6. The van der Waals surface area contributed by atoms with Crippen molar-refractivity contribution in [3.05, 3.63) is 77.6 Å². The van der Waals surface area contributed by atoms with Crippen molar-refractivity contribution in [1.82, 2.24) is 0 Å². The van der Waals surface area contributed by atoms with Crippen molar-refractivity contribution in [2.24, 2.45) is 5.41 Å². The molecule has 2 aliphatic rings. The number of carbonyl (C=O) groups excluding carboxylic acids is 2. The fourth-order valence-electron chi connectivity index (χ4n) is 4.25. The molecule has 8 nitrogen and oxygen atoms in total. The Hall–Kier alpha value is -4.67. The van der Waals surface area contributed by atoms with E-state index >= 15 is 8.78 Å². The Morgan fingerprint density at radius 2 is 1.44 bits per heavy atom. The zero-order valence-electron chi connectivity index (χ0n) is 21.0. The molecular formula is C28H24F3N3O5. The minimum atomic E-state index is -1.39. The molecule has 1 saturated carbocycles. The van der Waals surface area contributed by atoms with Crippen molar-refractivity contribution >= 4 is 34.6 Å². The van der Waals surface area contributed by atoms with Crippen molar-refractivity contribution < 1.29 is 37.0 Å². The van der Waals surface area contributed by atoms with Crippen LogP contribution >= 0.6 is 0 Å². The Labute approximate surface area is 221 Å². The number of hydrogen-bond donors (Lipinski definition) is 3. The predicted molar refractivity (Wildman–Crippen MR) is 138 cm³/mol. The summed E-state index contributed by atoms with van der Waals surface area (Å²) in [6, 6.07) is 10.2. The van der Waals surface area contributed by atoms with Gasteiger partial charge in [-0.1, -0.05) is 0 Å². The summed E-state index contributed by atoms with van der Waals surface area (Å²) in [5.41, 5.74) is -0.0973. The molecule has 202 valence electrons. The SMILES string of the molecule is COc1cc2c(cc1OC)C(Oc1c(F)cc(NC(=O)C3(C(=O)Nc4ccc(F)cc4)CC3)cc1F)=CCN2. The van der Waals surface area contributed by atoms with Crippen LogP contribution in [0.15, 0.2) is 54.6 Å². The normalized spacial score (nSPS) is 14.7. The summed E-state index contributed by atoms with van der Waals surface area (Å²) in [6.07, 6.45) is 2.14. The molecule has 3 aromatic rings. The molecule has 3 aromatic carbocycles. The van der Waals surface area contributed by atoms with Gasteiger partial charge in [-0.25, -0.2) is 13.2 Å². The number of benzene rings is 3. The van der Waals surface area contributed by atoms with Crippen molar-refractivity contribution in [1.29, 1.82) is 0 Å². The van der Waals surface area contributed by atoms with Crippen LogP contribution in [0.3, 0.4) is 0 Å². The highest BCUT2D eigenvalue weighted by Gasteiger charge is 2.56. The molecular weight excluding hydrogens is 515 g/mol. The maximum Gasteiger partial charge on any atom is 0.240 e. The van der Waals surface area contributed by atoms with Gasteiger partial charge < -0.3 is 30.2 Å². The summed E-state index contributed by atoms with van der Waals surface area (Å²) in [6.45, 7) is 0.345. The molecule has 5 rings (SSSR count). The van der Waals surface area contributed by atoms with Gasteiger partial charge in [-0.05, 0) is 49.2 Å². The fourth-order valence-corrected chi connectivity index (χ4v) is 4.25. The zero-order chi connectivity index (χ0) is 27.7. The minimum absolute atomic E-state index is 0.172. The summed E-state index contributed by atoms with van der Waals surface area (Å²) in [5, 5.41) is 8.14. The Morgan fingerprint density at radius 1 is 0.846 bits per heavy atom. The van der Waals surface area contributed by atoms with Crippen molar-refractivity contribution in [3.63, 3.8) is 0 Å². The molecule has 1 aliphatic carbocycles. The van der Waals surface area contributed by atoms with Crippen LogP contribution in [0.2, 0.25) is 0 Å².